The van der Waals surface area contributed by atoms with Crippen LogP contribution in [0.4, 0.5) is 11.4 Å². The fourth-order valence-electron chi connectivity index (χ4n) is 6.97. The molecule has 0 unspecified atom stereocenters. The topological polar surface area (TPSA) is 129 Å². The lowest BCUT2D eigenvalue weighted by Gasteiger charge is -2.05. The quantitative estimate of drug-likeness (QED) is 0.124. The van der Waals surface area contributed by atoms with E-state index in [1.54, 1.807) is 0 Å². The highest BCUT2D eigenvalue weighted by molar-refractivity contribution is 6.08. The number of carbonyl (C=O) groups excluding carboxylic acids is 2. The van der Waals surface area contributed by atoms with Crippen LogP contribution < -0.4 is 10.6 Å². The number of hydrogen-bond donors (Lipinski definition) is 4. The van der Waals surface area contributed by atoms with Crippen LogP contribution in [0.15, 0.2) is 150 Å². The Bertz CT molecular complexity index is 2660. The molecule has 0 aliphatic heterocycles. The van der Waals surface area contributed by atoms with E-state index in [0.29, 0.717) is 0 Å². The average molecular weight is 719 g/mol. The monoisotopic (exact) mass is 718 g/mol. The fourth-order valence-corrected chi connectivity index (χ4v) is 6.97. The van der Waals surface area contributed by atoms with E-state index >= 15 is 0 Å². The van der Waals surface area contributed by atoms with E-state index in [9.17, 15) is 9.59 Å². The summed E-state index contributed by atoms with van der Waals surface area (Å²) < 4.78 is 6.38. The molecule has 0 saturated heterocycles. The van der Waals surface area contributed by atoms with Gasteiger partial charge in [-0.15, -0.1) is 0 Å². The van der Waals surface area contributed by atoms with Gasteiger partial charge in [0, 0.05) is 69.4 Å². The lowest BCUT2D eigenvalue weighted by Crippen LogP contribution is -2.05. The van der Waals surface area contributed by atoms with Crippen LogP contribution in [-0.2, 0) is 9.59 Å². The minimum Gasteiger partial charge on any atom is -0.456 e. The third-order valence-electron chi connectivity index (χ3n) is 9.51. The smallest absolute Gasteiger partial charge is 0.221 e. The van der Waals surface area contributed by atoms with Gasteiger partial charge in [0.25, 0.3) is 0 Å². The summed E-state index contributed by atoms with van der Waals surface area (Å²) in [5, 5.41) is 7.59. The predicted molar refractivity (Wildman–Crippen MR) is 219 cm³/mol. The van der Waals surface area contributed by atoms with Gasteiger partial charge in [-0.25, -0.2) is 9.97 Å². The number of H-pyrrole nitrogens is 2. The number of aromatic nitrogens is 4. The van der Waals surface area contributed by atoms with Gasteiger partial charge in [0.05, 0.1) is 22.8 Å². The Morgan fingerprint density at radius 3 is 1.40 bits per heavy atom. The highest BCUT2D eigenvalue weighted by Gasteiger charge is 2.20. The maximum Gasteiger partial charge on any atom is 0.221 e. The summed E-state index contributed by atoms with van der Waals surface area (Å²) in [5.41, 5.74) is 12.1. The number of furan rings is 1. The third kappa shape index (κ3) is 6.55. The molecule has 9 rings (SSSR count). The molecule has 266 valence electrons. The number of carbonyl (C=O) groups is 2. The molecular formula is C46H34N6O3. The number of anilines is 2. The van der Waals surface area contributed by atoms with Gasteiger partial charge in [-0.05, 0) is 84.9 Å². The summed E-state index contributed by atoms with van der Waals surface area (Å²) in [6.45, 7) is 2.99. The van der Waals surface area contributed by atoms with Crippen LogP contribution in [0, 0.1) is 0 Å². The number of aromatic amines is 2. The van der Waals surface area contributed by atoms with E-state index in [1.165, 1.54) is 13.8 Å². The minimum absolute atomic E-state index is 0.119. The zero-order chi connectivity index (χ0) is 37.5. The zero-order valence-electron chi connectivity index (χ0n) is 30.0. The Morgan fingerprint density at radius 2 is 0.891 bits per heavy atom. The molecule has 0 fully saturated rings. The van der Waals surface area contributed by atoms with Crippen LogP contribution in [0.25, 0.3) is 89.7 Å². The average Bonchev–Trinajstić information content (AvgIpc) is 3.94. The molecule has 55 heavy (non-hydrogen) atoms. The van der Waals surface area contributed by atoms with Gasteiger partial charge in [0.15, 0.2) is 0 Å². The molecule has 0 radical (unpaired) electrons. The van der Waals surface area contributed by atoms with Crippen LogP contribution >= 0.6 is 0 Å². The molecule has 4 N–H and O–H groups in total. The minimum atomic E-state index is -0.120. The van der Waals surface area contributed by atoms with Crippen LogP contribution in [0.1, 0.15) is 13.8 Å². The molecule has 9 aromatic rings. The number of benzene rings is 6. The van der Waals surface area contributed by atoms with Crippen LogP contribution in [0.5, 0.6) is 0 Å². The molecule has 0 spiro atoms. The van der Waals surface area contributed by atoms with Crippen LogP contribution in [0.3, 0.4) is 0 Å². The van der Waals surface area contributed by atoms with Crippen molar-refractivity contribution in [3.63, 3.8) is 0 Å². The number of amides is 2. The molecule has 0 aliphatic rings. The first kappa shape index (κ1) is 33.3. The van der Waals surface area contributed by atoms with Crippen LogP contribution in [-0.4, -0.2) is 31.8 Å². The van der Waals surface area contributed by atoms with Crippen molar-refractivity contribution >= 4 is 45.1 Å². The molecule has 0 saturated carbocycles. The van der Waals surface area contributed by atoms with Crippen molar-refractivity contribution in [3.05, 3.63) is 146 Å². The number of nitrogens with one attached hydrogen (secondary N) is 4. The Balaban J connectivity index is 1.15. The van der Waals surface area contributed by atoms with E-state index in [1.807, 2.05) is 103 Å². The van der Waals surface area contributed by atoms with Crippen molar-refractivity contribution in [2.75, 3.05) is 10.6 Å². The Kier molecular flexibility index (Phi) is 8.36. The molecular weight excluding hydrogens is 685 g/mol. The summed E-state index contributed by atoms with van der Waals surface area (Å²) in [6.07, 6.45) is 0. The normalized spacial score (nSPS) is 11.2. The van der Waals surface area contributed by atoms with E-state index in [0.717, 1.165) is 101 Å². The first-order valence-electron chi connectivity index (χ1n) is 17.9. The van der Waals surface area contributed by atoms with Gasteiger partial charge in [-0.1, -0.05) is 60.7 Å². The Labute approximate surface area is 316 Å². The van der Waals surface area contributed by atoms with Crippen LogP contribution in [0.2, 0.25) is 0 Å². The molecule has 9 heteroatoms. The number of rotatable bonds is 8. The van der Waals surface area contributed by atoms with Crippen molar-refractivity contribution in [1.82, 2.24) is 19.9 Å². The van der Waals surface area contributed by atoms with Gasteiger partial charge in [0.1, 0.15) is 22.8 Å². The lowest BCUT2D eigenvalue weighted by atomic mass is 10.0. The second-order valence-corrected chi connectivity index (χ2v) is 13.4. The van der Waals surface area contributed by atoms with Crippen molar-refractivity contribution in [2.45, 2.75) is 13.8 Å². The van der Waals surface area contributed by atoms with Gasteiger partial charge >= 0.3 is 0 Å². The number of hydrogen-bond acceptors (Lipinski definition) is 5. The number of nitrogens with zero attached hydrogens (tertiary/aromatic N) is 2. The van der Waals surface area contributed by atoms with Crippen molar-refractivity contribution < 1.29 is 14.0 Å². The summed E-state index contributed by atoms with van der Waals surface area (Å²) in [4.78, 5) is 40.6. The summed E-state index contributed by atoms with van der Waals surface area (Å²) in [6, 6.07) is 48.0. The SMILES string of the molecule is CC(=O)Nc1ccc(-c2nc(-c3ccc4oc5ccc(-c6[nH]c(-c7ccc(NC(C)=O)cc7)nc6-c6ccccc6)cc5c4c3)c(-c3ccccc3)[nH]2)cc1. The number of imidazole rings is 2. The van der Waals surface area contributed by atoms with Gasteiger partial charge in [0.2, 0.25) is 11.8 Å². The van der Waals surface area contributed by atoms with E-state index < -0.39 is 0 Å². The predicted octanol–water partition coefficient (Wildman–Crippen LogP) is 11.0. The fraction of sp³-hybridized carbons (Fsp3) is 0.0435. The summed E-state index contributed by atoms with van der Waals surface area (Å²) in [7, 11) is 0. The highest BCUT2D eigenvalue weighted by Crippen LogP contribution is 2.40. The Hall–Kier alpha value is -7.52. The molecule has 2 amide bonds. The Morgan fingerprint density at radius 1 is 0.473 bits per heavy atom. The van der Waals surface area contributed by atoms with E-state index in [4.69, 9.17) is 14.4 Å². The van der Waals surface area contributed by atoms with Crippen molar-refractivity contribution in [2.24, 2.45) is 0 Å². The molecule has 6 aromatic carbocycles. The third-order valence-corrected chi connectivity index (χ3v) is 9.51. The highest BCUT2D eigenvalue weighted by atomic mass is 16.3. The summed E-state index contributed by atoms with van der Waals surface area (Å²) >= 11 is 0. The molecule has 0 aliphatic carbocycles. The molecule has 3 heterocycles. The standard InChI is InChI=1S/C46H34N6O3/c1-27(53)47-35-19-13-31(14-20-35)45-49-41(29-9-5-3-6-10-29)43(51-45)33-17-23-39-37(25-33)38-26-34(18-24-40(38)55-39)44-42(30-11-7-4-8-12-30)50-46(52-44)32-15-21-36(22-16-32)48-28(2)54/h3-26H,1-2H3,(H,47,53)(H,48,54)(H,49,51)(H,50,52). The maximum atomic E-state index is 11.6. The number of fused-ring (bicyclic) bond motifs is 3. The maximum absolute atomic E-state index is 11.6. The van der Waals surface area contributed by atoms with Gasteiger partial charge < -0.3 is 25.0 Å². The summed E-state index contributed by atoms with van der Waals surface area (Å²) in [5.74, 6) is 1.20. The van der Waals surface area contributed by atoms with Crippen molar-refractivity contribution in [1.29, 1.82) is 0 Å². The van der Waals surface area contributed by atoms with E-state index in [-0.39, 0.29) is 11.8 Å². The first-order valence-corrected chi connectivity index (χ1v) is 17.9. The van der Waals surface area contributed by atoms with Gasteiger partial charge in [-0.2, -0.15) is 0 Å². The zero-order valence-corrected chi connectivity index (χ0v) is 30.0. The second kappa shape index (κ2) is 13.8. The molecule has 0 atom stereocenters. The molecule has 0 bridgehead atoms. The second-order valence-electron chi connectivity index (χ2n) is 13.4. The molecule has 9 nitrogen and oxygen atoms in total. The first-order chi connectivity index (χ1) is 26.9. The van der Waals surface area contributed by atoms with E-state index in [2.05, 4.69) is 63.1 Å². The lowest BCUT2D eigenvalue weighted by molar-refractivity contribution is -0.115. The van der Waals surface area contributed by atoms with Crippen molar-refractivity contribution in [3.8, 4) is 67.8 Å². The molecule has 3 aromatic heterocycles. The van der Waals surface area contributed by atoms with Gasteiger partial charge in [-0.3, -0.25) is 9.59 Å². The largest absolute Gasteiger partial charge is 0.456 e.